The fraction of sp³-hybridized carbons (Fsp3) is 1.00. The highest BCUT2D eigenvalue weighted by Gasteiger charge is 2.32. The Labute approximate surface area is 125 Å². The van der Waals surface area contributed by atoms with Gasteiger partial charge in [0.05, 0.1) is 0 Å². The molecule has 3 aliphatic rings. The highest BCUT2D eigenvalue weighted by atomic mass is 15.3. The maximum atomic E-state index is 3.76. The first-order chi connectivity index (χ1) is 9.83. The van der Waals surface area contributed by atoms with Gasteiger partial charge in [0.25, 0.3) is 0 Å². The van der Waals surface area contributed by atoms with E-state index in [0.717, 1.165) is 18.1 Å². The van der Waals surface area contributed by atoms with E-state index in [1.165, 1.54) is 84.1 Å². The highest BCUT2D eigenvalue weighted by molar-refractivity contribution is 4.89. The summed E-state index contributed by atoms with van der Waals surface area (Å²) in [7, 11) is 0. The SMILES string of the molecule is CC1CN2CCCCC2CN1CCCNC1CCCC1. The molecule has 0 spiro atoms. The van der Waals surface area contributed by atoms with Gasteiger partial charge in [-0.1, -0.05) is 19.3 Å². The minimum absolute atomic E-state index is 0.760. The lowest BCUT2D eigenvalue weighted by Gasteiger charge is -2.47. The number of piperidine rings is 1. The number of hydrogen-bond donors (Lipinski definition) is 1. The Bertz CT molecular complexity index is 288. The second kappa shape index (κ2) is 7.24. The van der Waals surface area contributed by atoms with Crippen molar-refractivity contribution in [3.8, 4) is 0 Å². The second-order valence-electron chi connectivity index (χ2n) is 7.28. The van der Waals surface area contributed by atoms with Crippen LogP contribution in [0.25, 0.3) is 0 Å². The first-order valence-corrected chi connectivity index (χ1v) is 9.04. The monoisotopic (exact) mass is 279 g/mol. The molecule has 0 aromatic carbocycles. The van der Waals surface area contributed by atoms with Crippen molar-refractivity contribution in [2.45, 2.75) is 76.4 Å². The molecule has 1 aliphatic carbocycles. The van der Waals surface area contributed by atoms with Gasteiger partial charge in [-0.25, -0.2) is 0 Å². The Balaban J connectivity index is 1.36. The van der Waals surface area contributed by atoms with E-state index in [4.69, 9.17) is 0 Å². The predicted octanol–water partition coefficient (Wildman–Crippen LogP) is 2.47. The predicted molar refractivity (Wildman–Crippen MR) is 85.1 cm³/mol. The van der Waals surface area contributed by atoms with Gasteiger partial charge in [-0.05, 0) is 58.7 Å². The van der Waals surface area contributed by atoms with Crippen LogP contribution in [0.5, 0.6) is 0 Å². The van der Waals surface area contributed by atoms with Crippen LogP contribution in [0, 0.1) is 0 Å². The zero-order valence-corrected chi connectivity index (χ0v) is 13.3. The summed E-state index contributed by atoms with van der Waals surface area (Å²) in [4.78, 5) is 5.50. The average molecular weight is 279 g/mol. The number of rotatable bonds is 5. The maximum Gasteiger partial charge on any atom is 0.0223 e. The summed E-state index contributed by atoms with van der Waals surface area (Å²) in [5.74, 6) is 0. The average Bonchev–Trinajstić information content (AvgIpc) is 2.97. The molecule has 1 saturated carbocycles. The molecule has 2 aliphatic heterocycles. The molecule has 0 bridgehead atoms. The van der Waals surface area contributed by atoms with E-state index in [0.29, 0.717) is 0 Å². The van der Waals surface area contributed by atoms with E-state index >= 15 is 0 Å². The van der Waals surface area contributed by atoms with E-state index in [9.17, 15) is 0 Å². The summed E-state index contributed by atoms with van der Waals surface area (Å²) in [6, 6.07) is 2.46. The topological polar surface area (TPSA) is 18.5 Å². The van der Waals surface area contributed by atoms with Crippen molar-refractivity contribution in [3.63, 3.8) is 0 Å². The lowest BCUT2D eigenvalue weighted by atomic mass is 9.97. The zero-order chi connectivity index (χ0) is 13.8. The number of nitrogens with zero attached hydrogens (tertiary/aromatic N) is 2. The molecule has 116 valence electrons. The summed E-state index contributed by atoms with van der Waals surface area (Å²) in [5, 5.41) is 3.76. The minimum atomic E-state index is 0.760. The third-order valence-corrected chi connectivity index (χ3v) is 5.73. The maximum absolute atomic E-state index is 3.76. The summed E-state index contributed by atoms with van der Waals surface area (Å²) in [5.41, 5.74) is 0. The van der Waals surface area contributed by atoms with Crippen LogP contribution in [-0.2, 0) is 0 Å². The summed E-state index contributed by atoms with van der Waals surface area (Å²) in [6.07, 6.45) is 11.4. The Morgan fingerprint density at radius 1 is 1.00 bits per heavy atom. The van der Waals surface area contributed by atoms with Gasteiger partial charge in [-0.2, -0.15) is 0 Å². The minimum Gasteiger partial charge on any atom is -0.314 e. The van der Waals surface area contributed by atoms with Gasteiger partial charge in [0.2, 0.25) is 0 Å². The molecule has 0 aromatic rings. The van der Waals surface area contributed by atoms with E-state index in [1.807, 2.05) is 0 Å². The van der Waals surface area contributed by atoms with E-state index in [2.05, 4.69) is 22.0 Å². The molecule has 0 aromatic heterocycles. The van der Waals surface area contributed by atoms with Crippen LogP contribution >= 0.6 is 0 Å². The van der Waals surface area contributed by atoms with Gasteiger partial charge in [-0.3, -0.25) is 9.80 Å². The second-order valence-corrected chi connectivity index (χ2v) is 7.28. The Kier molecular flexibility index (Phi) is 5.36. The van der Waals surface area contributed by atoms with E-state index in [-0.39, 0.29) is 0 Å². The molecule has 2 heterocycles. The van der Waals surface area contributed by atoms with Crippen molar-refractivity contribution in [1.29, 1.82) is 0 Å². The van der Waals surface area contributed by atoms with Crippen LogP contribution in [0.15, 0.2) is 0 Å². The Hall–Kier alpha value is -0.120. The third-order valence-electron chi connectivity index (χ3n) is 5.73. The van der Waals surface area contributed by atoms with E-state index in [1.54, 1.807) is 0 Å². The standard InChI is InChI=1S/C17H33N3/c1-15-13-20-11-5-4-9-17(20)14-19(15)12-6-10-18-16-7-2-3-8-16/h15-18H,2-14H2,1H3. The van der Waals surface area contributed by atoms with Crippen molar-refractivity contribution in [3.05, 3.63) is 0 Å². The van der Waals surface area contributed by atoms with Crippen molar-refractivity contribution >= 4 is 0 Å². The van der Waals surface area contributed by atoms with Crippen molar-refractivity contribution in [1.82, 2.24) is 15.1 Å². The molecule has 2 saturated heterocycles. The number of piperazine rings is 1. The summed E-state index contributed by atoms with van der Waals surface area (Å²) < 4.78 is 0. The molecule has 1 N–H and O–H groups in total. The highest BCUT2D eigenvalue weighted by Crippen LogP contribution is 2.24. The van der Waals surface area contributed by atoms with Gasteiger partial charge in [-0.15, -0.1) is 0 Å². The van der Waals surface area contributed by atoms with Crippen LogP contribution in [-0.4, -0.2) is 60.6 Å². The van der Waals surface area contributed by atoms with Crippen LogP contribution in [0.3, 0.4) is 0 Å². The number of nitrogens with one attached hydrogen (secondary N) is 1. The fourth-order valence-corrected chi connectivity index (χ4v) is 4.44. The summed E-state index contributed by atoms with van der Waals surface area (Å²) in [6.45, 7) is 8.93. The molecule has 3 heteroatoms. The number of hydrogen-bond acceptors (Lipinski definition) is 3. The van der Waals surface area contributed by atoms with Crippen LogP contribution in [0.2, 0.25) is 0 Å². The molecule has 20 heavy (non-hydrogen) atoms. The largest absolute Gasteiger partial charge is 0.314 e. The van der Waals surface area contributed by atoms with Gasteiger partial charge in [0, 0.05) is 31.2 Å². The van der Waals surface area contributed by atoms with Crippen LogP contribution in [0.1, 0.15) is 58.3 Å². The van der Waals surface area contributed by atoms with Crippen molar-refractivity contribution < 1.29 is 0 Å². The first kappa shape index (κ1) is 14.8. The molecule has 0 radical (unpaired) electrons. The molecule has 3 fully saturated rings. The fourth-order valence-electron chi connectivity index (χ4n) is 4.44. The van der Waals surface area contributed by atoms with Gasteiger partial charge < -0.3 is 5.32 Å². The van der Waals surface area contributed by atoms with Gasteiger partial charge >= 0.3 is 0 Å². The van der Waals surface area contributed by atoms with E-state index < -0.39 is 0 Å². The lowest BCUT2D eigenvalue weighted by Crippen LogP contribution is -2.58. The van der Waals surface area contributed by atoms with Gasteiger partial charge in [0.1, 0.15) is 0 Å². The Morgan fingerprint density at radius 3 is 2.65 bits per heavy atom. The molecule has 3 rings (SSSR count). The Morgan fingerprint density at radius 2 is 1.80 bits per heavy atom. The number of fused-ring (bicyclic) bond motifs is 1. The van der Waals surface area contributed by atoms with Gasteiger partial charge in [0.15, 0.2) is 0 Å². The molecular formula is C17H33N3. The van der Waals surface area contributed by atoms with Crippen LogP contribution < -0.4 is 5.32 Å². The molecular weight excluding hydrogens is 246 g/mol. The molecule has 2 unspecified atom stereocenters. The lowest BCUT2D eigenvalue weighted by molar-refractivity contribution is 0.0149. The molecule has 3 nitrogen and oxygen atoms in total. The first-order valence-electron chi connectivity index (χ1n) is 9.04. The molecule has 2 atom stereocenters. The third kappa shape index (κ3) is 3.75. The normalized spacial score (nSPS) is 33.5. The smallest absolute Gasteiger partial charge is 0.0223 e. The van der Waals surface area contributed by atoms with Crippen molar-refractivity contribution in [2.24, 2.45) is 0 Å². The van der Waals surface area contributed by atoms with Crippen LogP contribution in [0.4, 0.5) is 0 Å². The molecule has 0 amide bonds. The zero-order valence-electron chi connectivity index (χ0n) is 13.3. The summed E-state index contributed by atoms with van der Waals surface area (Å²) >= 11 is 0. The van der Waals surface area contributed by atoms with Crippen molar-refractivity contribution in [2.75, 3.05) is 32.7 Å². The quantitative estimate of drug-likeness (QED) is 0.780.